The third kappa shape index (κ3) is 9.07. The maximum absolute atomic E-state index is 13.1. The number of esters is 1. The van der Waals surface area contributed by atoms with Crippen LogP contribution in [0.5, 0.6) is 17.2 Å². The number of rotatable bonds is 17. The fourth-order valence-electron chi connectivity index (χ4n) is 4.33. The van der Waals surface area contributed by atoms with Crippen molar-refractivity contribution in [1.82, 2.24) is 0 Å². The van der Waals surface area contributed by atoms with Crippen LogP contribution in [-0.4, -0.2) is 52.3 Å². The quantitative estimate of drug-likeness (QED) is 0.148. The summed E-state index contributed by atoms with van der Waals surface area (Å²) in [4.78, 5) is 23.8. The molecule has 0 heterocycles. The first-order valence-corrected chi connectivity index (χ1v) is 14.9. The number of phenols is 1. The zero-order valence-electron chi connectivity index (χ0n) is 23.7. The number of phenolic OH excluding ortho intramolecular Hbond substituents is 1. The Bertz CT molecular complexity index is 1140. The van der Waals surface area contributed by atoms with Crippen LogP contribution in [0.2, 0.25) is 0 Å². The lowest BCUT2D eigenvalue weighted by Gasteiger charge is -2.21. The van der Waals surface area contributed by atoms with Gasteiger partial charge in [-0.1, -0.05) is 26.7 Å². The molecule has 0 aliphatic rings. The fraction of sp³-hybridized carbons (Fsp3) is 0.533. The third-order valence-corrected chi connectivity index (χ3v) is 7.83. The number of carbonyl (C=O) groups is 2. The van der Waals surface area contributed by atoms with Gasteiger partial charge in [0.1, 0.15) is 17.2 Å². The van der Waals surface area contributed by atoms with Gasteiger partial charge in [-0.15, -0.1) is 0 Å². The largest absolute Gasteiger partial charge is 0.507 e. The summed E-state index contributed by atoms with van der Waals surface area (Å²) in [6, 6.07) is 6.82. The number of aromatic hydroxyl groups is 1. The van der Waals surface area contributed by atoms with Crippen molar-refractivity contribution in [2.24, 2.45) is 0 Å². The molecule has 2 aromatic rings. The zero-order valence-corrected chi connectivity index (χ0v) is 24.5. The molecule has 216 valence electrons. The van der Waals surface area contributed by atoms with E-state index in [1.165, 1.54) is 20.1 Å². The van der Waals surface area contributed by atoms with Gasteiger partial charge in [0.25, 0.3) is 0 Å². The Hall–Kier alpha value is -2.91. The monoisotopic (exact) mass is 562 g/mol. The fourth-order valence-corrected chi connectivity index (χ4v) is 5.62. The van der Waals surface area contributed by atoms with Gasteiger partial charge in [-0.25, -0.2) is 0 Å². The van der Waals surface area contributed by atoms with Gasteiger partial charge in [0.05, 0.1) is 42.8 Å². The summed E-state index contributed by atoms with van der Waals surface area (Å²) < 4.78 is 30.0. The third-order valence-electron chi connectivity index (χ3n) is 6.29. The first-order chi connectivity index (χ1) is 18.7. The smallest absolute Gasteiger partial charge is 0.305 e. The Morgan fingerprint density at radius 3 is 2.26 bits per heavy atom. The van der Waals surface area contributed by atoms with Crippen LogP contribution in [0.4, 0.5) is 0 Å². The van der Waals surface area contributed by atoms with Crippen molar-refractivity contribution >= 4 is 22.6 Å². The number of hydrogen-bond acceptors (Lipinski definition) is 8. The number of ketones is 1. The normalized spacial score (nSPS) is 12.6. The second-order valence-electron chi connectivity index (χ2n) is 9.41. The van der Waals surface area contributed by atoms with E-state index >= 15 is 0 Å². The number of methoxy groups -OCH3 is 1. The van der Waals surface area contributed by atoms with Gasteiger partial charge in [-0.2, -0.15) is 0 Å². The topological polar surface area (TPSA) is 119 Å². The number of hydrogen-bond donors (Lipinski definition) is 2. The van der Waals surface area contributed by atoms with E-state index in [1.807, 2.05) is 19.9 Å². The molecule has 2 N–H and O–H groups in total. The second-order valence-corrected chi connectivity index (χ2v) is 11.0. The van der Waals surface area contributed by atoms with Gasteiger partial charge in [0.15, 0.2) is 5.78 Å². The van der Waals surface area contributed by atoms with E-state index in [0.717, 1.165) is 18.4 Å². The van der Waals surface area contributed by atoms with Crippen LogP contribution in [-0.2, 0) is 33.2 Å². The number of ether oxygens (including phenoxy) is 3. The summed E-state index contributed by atoms with van der Waals surface area (Å²) in [6.07, 6.45) is 3.28. The Labute approximate surface area is 234 Å². The summed E-state index contributed by atoms with van der Waals surface area (Å²) in [5.41, 5.74) is 2.32. The van der Waals surface area contributed by atoms with E-state index < -0.39 is 16.9 Å². The molecule has 0 spiro atoms. The van der Waals surface area contributed by atoms with Crippen LogP contribution < -0.4 is 9.47 Å². The summed E-state index contributed by atoms with van der Waals surface area (Å²) in [6.45, 7) is 7.70. The highest BCUT2D eigenvalue weighted by atomic mass is 32.2. The van der Waals surface area contributed by atoms with Crippen molar-refractivity contribution in [3.63, 3.8) is 0 Å². The molecule has 8 nitrogen and oxygen atoms in total. The highest BCUT2D eigenvalue weighted by Crippen LogP contribution is 2.37. The van der Waals surface area contributed by atoms with E-state index in [0.29, 0.717) is 72.2 Å². The molecule has 9 heteroatoms. The minimum atomic E-state index is -1.37. The predicted molar refractivity (Wildman–Crippen MR) is 151 cm³/mol. The lowest BCUT2D eigenvalue weighted by atomic mass is 10.0. The predicted octanol–water partition coefficient (Wildman–Crippen LogP) is 5.46. The van der Waals surface area contributed by atoms with Crippen LogP contribution in [0, 0.1) is 0 Å². The number of aliphatic hydroxyl groups excluding tert-OH is 1. The Morgan fingerprint density at radius 2 is 1.64 bits per heavy atom. The lowest BCUT2D eigenvalue weighted by molar-refractivity contribution is -0.140. The molecule has 39 heavy (non-hydrogen) atoms. The van der Waals surface area contributed by atoms with E-state index in [1.54, 1.807) is 19.1 Å². The molecule has 0 aliphatic heterocycles. The number of carbonyl (C=O) groups excluding carboxylic acids is 2. The summed E-state index contributed by atoms with van der Waals surface area (Å²) >= 11 is 0. The van der Waals surface area contributed by atoms with Crippen molar-refractivity contribution < 1.29 is 38.2 Å². The highest BCUT2D eigenvalue weighted by Gasteiger charge is 2.20. The molecule has 2 unspecified atom stereocenters. The van der Waals surface area contributed by atoms with Gasteiger partial charge in [-0.3, -0.25) is 13.8 Å². The molecular weight excluding hydrogens is 520 g/mol. The maximum atomic E-state index is 13.1. The van der Waals surface area contributed by atoms with Crippen molar-refractivity contribution in [3.8, 4) is 17.2 Å². The molecule has 2 rings (SSSR count). The second kappa shape index (κ2) is 16.3. The summed E-state index contributed by atoms with van der Waals surface area (Å²) in [7, 11) is -0.0163. The summed E-state index contributed by atoms with van der Waals surface area (Å²) in [5.74, 6) is 0.943. The van der Waals surface area contributed by atoms with Gasteiger partial charge in [0.2, 0.25) is 0 Å². The van der Waals surface area contributed by atoms with Crippen molar-refractivity contribution in [3.05, 3.63) is 46.5 Å². The molecule has 0 bridgehead atoms. The van der Waals surface area contributed by atoms with Crippen LogP contribution in [0.25, 0.3) is 0 Å². The average molecular weight is 563 g/mol. The first-order valence-electron chi connectivity index (χ1n) is 13.6. The molecule has 2 aromatic carbocycles. The lowest BCUT2D eigenvalue weighted by Crippen LogP contribution is -2.11. The van der Waals surface area contributed by atoms with Crippen LogP contribution in [0.1, 0.15) is 93.0 Å². The van der Waals surface area contributed by atoms with Gasteiger partial charge in [-0.05, 0) is 63.8 Å². The molecule has 0 amide bonds. The Balaban J connectivity index is 2.13. The summed E-state index contributed by atoms with van der Waals surface area (Å²) in [5, 5.41) is 20.9. The minimum absolute atomic E-state index is 0.0759. The van der Waals surface area contributed by atoms with Gasteiger partial charge < -0.3 is 24.4 Å². The van der Waals surface area contributed by atoms with Crippen molar-refractivity contribution in [1.29, 1.82) is 0 Å². The SMILES string of the molecule is CCCc1c(S(=O)CCCOc2ccc(C(C)O)c(OCCCC(=O)OC)c2CCC)ccc(C(C)=O)c1O. The zero-order chi connectivity index (χ0) is 28.9. The van der Waals surface area contributed by atoms with Crippen molar-refractivity contribution in [2.75, 3.05) is 26.1 Å². The molecule has 0 aromatic heterocycles. The van der Waals surface area contributed by atoms with E-state index in [9.17, 15) is 24.0 Å². The Morgan fingerprint density at radius 1 is 0.974 bits per heavy atom. The number of aliphatic hydroxyl groups is 1. The van der Waals surface area contributed by atoms with Gasteiger partial charge >= 0.3 is 5.97 Å². The Kier molecular flexibility index (Phi) is 13.5. The highest BCUT2D eigenvalue weighted by molar-refractivity contribution is 7.85. The van der Waals surface area contributed by atoms with Crippen molar-refractivity contribution in [2.45, 2.75) is 83.6 Å². The van der Waals surface area contributed by atoms with E-state index in [2.05, 4.69) is 4.74 Å². The van der Waals surface area contributed by atoms with E-state index in [4.69, 9.17) is 9.47 Å². The molecule has 0 saturated heterocycles. The number of Topliss-reactive ketones (excluding diaryl/α,β-unsaturated/α-hetero) is 1. The van der Waals surface area contributed by atoms with Crippen LogP contribution in [0.15, 0.2) is 29.2 Å². The number of benzene rings is 2. The van der Waals surface area contributed by atoms with Gasteiger partial charge in [0, 0.05) is 33.8 Å². The average Bonchev–Trinajstić information content (AvgIpc) is 2.90. The van der Waals surface area contributed by atoms with Crippen LogP contribution >= 0.6 is 0 Å². The molecule has 0 saturated carbocycles. The first kappa shape index (κ1) is 32.3. The molecular formula is C30H42O8S. The van der Waals surface area contributed by atoms with Crippen LogP contribution in [0.3, 0.4) is 0 Å². The molecule has 0 aliphatic carbocycles. The maximum Gasteiger partial charge on any atom is 0.305 e. The standard InChI is InChI=1S/C30H42O8S/c1-6-10-24-26(15-13-23(21(4)32)30(24)38-17-8-12-28(33)36-5)37-18-9-19-39(35)27-16-14-22(20(3)31)29(34)25(27)11-7-2/h13-16,21,32,34H,6-12,17-19H2,1-5H3. The molecule has 0 radical (unpaired) electrons. The van der Waals surface area contributed by atoms with E-state index in [-0.39, 0.29) is 29.5 Å². The molecule has 0 fully saturated rings. The molecule has 2 atom stereocenters. The minimum Gasteiger partial charge on any atom is -0.507 e.